The number of amides is 1. The van der Waals surface area contributed by atoms with E-state index < -0.39 is 0 Å². The van der Waals surface area contributed by atoms with E-state index in [1.165, 1.54) is 0 Å². The molecule has 6 heteroatoms. The second-order valence-corrected chi connectivity index (χ2v) is 6.37. The number of benzene rings is 2. The van der Waals surface area contributed by atoms with Crippen LogP contribution in [0.3, 0.4) is 0 Å². The molecule has 5 nitrogen and oxygen atoms in total. The third-order valence-corrected chi connectivity index (χ3v) is 4.74. The molecule has 0 bridgehead atoms. The van der Waals surface area contributed by atoms with Gasteiger partial charge >= 0.3 is 0 Å². The van der Waals surface area contributed by atoms with E-state index in [-0.39, 0.29) is 24.4 Å². The molecule has 0 aromatic heterocycles. The highest BCUT2D eigenvalue weighted by Crippen LogP contribution is 2.38. The number of ether oxygens (including phenoxy) is 2. The number of carbonyl (C=O) groups is 1. The summed E-state index contributed by atoms with van der Waals surface area (Å²) in [6.07, 6.45) is 2.01. The van der Waals surface area contributed by atoms with Gasteiger partial charge < -0.3 is 19.7 Å². The summed E-state index contributed by atoms with van der Waals surface area (Å²) in [6, 6.07) is 16.0. The van der Waals surface area contributed by atoms with E-state index in [2.05, 4.69) is 11.4 Å². The number of likely N-dealkylation sites (tertiary alicyclic amines) is 1. The van der Waals surface area contributed by atoms with Gasteiger partial charge in [0.15, 0.2) is 11.5 Å². The molecule has 2 heterocycles. The Labute approximate surface area is 159 Å². The van der Waals surface area contributed by atoms with E-state index in [1.54, 1.807) is 0 Å². The molecule has 0 spiro atoms. The largest absolute Gasteiger partial charge is 0.486 e. The average Bonchev–Trinajstić information content (AvgIpc) is 3.16. The predicted molar refractivity (Wildman–Crippen MR) is 103 cm³/mol. The fourth-order valence-electron chi connectivity index (χ4n) is 3.51. The summed E-state index contributed by atoms with van der Waals surface area (Å²) in [5, 5.41) is 3.21. The van der Waals surface area contributed by atoms with Crippen molar-refractivity contribution in [3.8, 4) is 11.5 Å². The van der Waals surface area contributed by atoms with Gasteiger partial charge in [0.05, 0.1) is 12.6 Å². The first-order chi connectivity index (χ1) is 12.3. The van der Waals surface area contributed by atoms with Crippen LogP contribution in [0.2, 0.25) is 0 Å². The first-order valence-electron chi connectivity index (χ1n) is 8.79. The SMILES string of the molecule is Cl.O=C(CNc1ccccc1)N1CCCC1c1ccc2c(c1)OCCO2. The van der Waals surface area contributed by atoms with Crippen molar-refractivity contribution in [2.75, 3.05) is 31.6 Å². The molecule has 1 atom stereocenters. The highest BCUT2D eigenvalue weighted by atomic mass is 35.5. The number of nitrogens with one attached hydrogen (secondary N) is 1. The minimum absolute atomic E-state index is 0. The quantitative estimate of drug-likeness (QED) is 0.887. The molecule has 2 aliphatic heterocycles. The van der Waals surface area contributed by atoms with Crippen molar-refractivity contribution < 1.29 is 14.3 Å². The number of carbonyl (C=O) groups excluding carboxylic acids is 1. The number of anilines is 1. The lowest BCUT2D eigenvalue weighted by Gasteiger charge is -2.27. The minimum atomic E-state index is 0. The average molecular weight is 375 g/mol. The monoisotopic (exact) mass is 374 g/mol. The number of nitrogens with zero attached hydrogens (tertiary/aromatic N) is 1. The number of hydrogen-bond donors (Lipinski definition) is 1. The molecule has 138 valence electrons. The Morgan fingerprint density at radius 2 is 1.85 bits per heavy atom. The van der Waals surface area contributed by atoms with Gasteiger partial charge in [-0.2, -0.15) is 0 Å². The van der Waals surface area contributed by atoms with E-state index in [0.717, 1.165) is 42.1 Å². The Kier molecular flexibility index (Phi) is 5.89. The summed E-state index contributed by atoms with van der Waals surface area (Å²) < 4.78 is 11.3. The molecule has 2 aromatic carbocycles. The Morgan fingerprint density at radius 1 is 1.08 bits per heavy atom. The molecule has 2 aliphatic rings. The van der Waals surface area contributed by atoms with Gasteiger partial charge in [-0.3, -0.25) is 4.79 Å². The summed E-state index contributed by atoms with van der Waals surface area (Å²) in [5.41, 5.74) is 2.08. The Balaban J connectivity index is 0.00000196. The maximum atomic E-state index is 12.7. The van der Waals surface area contributed by atoms with Gasteiger partial charge in [-0.25, -0.2) is 0 Å². The van der Waals surface area contributed by atoms with E-state index >= 15 is 0 Å². The summed E-state index contributed by atoms with van der Waals surface area (Å²) in [7, 11) is 0. The maximum absolute atomic E-state index is 12.7. The molecule has 1 N–H and O–H groups in total. The summed E-state index contributed by atoms with van der Waals surface area (Å²) in [6.45, 7) is 2.27. The normalized spacial score (nSPS) is 18.2. The highest BCUT2D eigenvalue weighted by molar-refractivity contribution is 5.85. The minimum Gasteiger partial charge on any atom is -0.486 e. The van der Waals surface area contributed by atoms with E-state index in [1.807, 2.05) is 47.4 Å². The van der Waals surface area contributed by atoms with Crippen LogP contribution in [0, 0.1) is 0 Å². The first kappa shape index (κ1) is 18.4. The molecule has 1 saturated heterocycles. The highest BCUT2D eigenvalue weighted by Gasteiger charge is 2.30. The van der Waals surface area contributed by atoms with Crippen molar-refractivity contribution in [1.29, 1.82) is 0 Å². The second-order valence-electron chi connectivity index (χ2n) is 6.37. The third kappa shape index (κ3) is 3.88. The van der Waals surface area contributed by atoms with Gasteiger partial charge in [0.2, 0.25) is 5.91 Å². The summed E-state index contributed by atoms with van der Waals surface area (Å²) >= 11 is 0. The Bertz CT molecular complexity index is 754. The Hall–Kier alpha value is -2.40. The Morgan fingerprint density at radius 3 is 2.65 bits per heavy atom. The molecule has 1 unspecified atom stereocenters. The van der Waals surface area contributed by atoms with Crippen LogP contribution in [0.5, 0.6) is 11.5 Å². The van der Waals surface area contributed by atoms with Crippen LogP contribution >= 0.6 is 12.4 Å². The second kappa shape index (κ2) is 8.32. The molecule has 2 aromatic rings. The lowest BCUT2D eigenvalue weighted by atomic mass is 10.0. The van der Waals surface area contributed by atoms with Crippen LogP contribution in [0.1, 0.15) is 24.4 Å². The van der Waals surface area contributed by atoms with E-state index in [0.29, 0.717) is 19.8 Å². The van der Waals surface area contributed by atoms with Gasteiger partial charge in [-0.15, -0.1) is 12.4 Å². The number of rotatable bonds is 4. The van der Waals surface area contributed by atoms with Gasteiger partial charge in [-0.05, 0) is 42.7 Å². The number of halogens is 1. The van der Waals surface area contributed by atoms with E-state index in [9.17, 15) is 4.79 Å². The number of hydrogen-bond acceptors (Lipinski definition) is 4. The van der Waals surface area contributed by atoms with Crippen LogP contribution in [0.25, 0.3) is 0 Å². The maximum Gasteiger partial charge on any atom is 0.242 e. The van der Waals surface area contributed by atoms with Crippen LogP contribution in [0.4, 0.5) is 5.69 Å². The van der Waals surface area contributed by atoms with Crippen LogP contribution in [-0.4, -0.2) is 37.1 Å². The number of fused-ring (bicyclic) bond motifs is 1. The third-order valence-electron chi connectivity index (χ3n) is 4.74. The fraction of sp³-hybridized carbons (Fsp3) is 0.350. The van der Waals surface area contributed by atoms with Crippen molar-refractivity contribution in [1.82, 2.24) is 4.90 Å². The molecule has 26 heavy (non-hydrogen) atoms. The lowest BCUT2D eigenvalue weighted by molar-refractivity contribution is -0.130. The van der Waals surface area contributed by atoms with Gasteiger partial charge in [-0.1, -0.05) is 24.3 Å². The van der Waals surface area contributed by atoms with Gasteiger partial charge in [0.25, 0.3) is 0 Å². The standard InChI is InChI=1S/C20H22N2O3.ClH/c23-20(14-21-16-5-2-1-3-6-16)22-10-4-7-17(22)15-8-9-18-19(13-15)25-12-11-24-18;/h1-3,5-6,8-9,13,17,21H,4,7,10-12,14H2;1H. The molecule has 1 fully saturated rings. The first-order valence-corrected chi connectivity index (χ1v) is 8.79. The molecule has 4 rings (SSSR count). The zero-order valence-corrected chi connectivity index (χ0v) is 15.3. The lowest BCUT2D eigenvalue weighted by Crippen LogP contribution is -2.35. The molecule has 0 radical (unpaired) electrons. The molecule has 0 saturated carbocycles. The van der Waals surface area contributed by atoms with Crippen molar-refractivity contribution in [2.24, 2.45) is 0 Å². The molecule has 1 amide bonds. The van der Waals surface area contributed by atoms with Crippen LogP contribution in [0.15, 0.2) is 48.5 Å². The molecule has 0 aliphatic carbocycles. The van der Waals surface area contributed by atoms with Crippen molar-refractivity contribution in [3.63, 3.8) is 0 Å². The summed E-state index contributed by atoms with van der Waals surface area (Å²) in [5.74, 6) is 1.70. The summed E-state index contributed by atoms with van der Waals surface area (Å²) in [4.78, 5) is 14.7. The van der Waals surface area contributed by atoms with Crippen LogP contribution < -0.4 is 14.8 Å². The topological polar surface area (TPSA) is 50.8 Å². The van der Waals surface area contributed by atoms with Crippen molar-refractivity contribution in [3.05, 3.63) is 54.1 Å². The zero-order chi connectivity index (χ0) is 17.1. The number of para-hydroxylation sites is 1. The fourth-order valence-corrected chi connectivity index (χ4v) is 3.51. The predicted octanol–water partition coefficient (Wildman–Crippen LogP) is 3.66. The molecular weight excluding hydrogens is 352 g/mol. The van der Waals surface area contributed by atoms with Gasteiger partial charge in [0.1, 0.15) is 13.2 Å². The van der Waals surface area contributed by atoms with Crippen molar-refractivity contribution >= 4 is 24.0 Å². The van der Waals surface area contributed by atoms with Crippen LogP contribution in [-0.2, 0) is 4.79 Å². The zero-order valence-electron chi connectivity index (χ0n) is 14.5. The molecular formula is C20H23ClN2O3. The van der Waals surface area contributed by atoms with E-state index in [4.69, 9.17) is 9.47 Å². The smallest absolute Gasteiger partial charge is 0.242 e. The van der Waals surface area contributed by atoms with Crippen molar-refractivity contribution in [2.45, 2.75) is 18.9 Å². The van der Waals surface area contributed by atoms with Gasteiger partial charge in [0, 0.05) is 12.2 Å².